The van der Waals surface area contributed by atoms with E-state index < -0.39 is 5.97 Å². The van der Waals surface area contributed by atoms with Crippen molar-refractivity contribution in [3.8, 4) is 0 Å². The van der Waals surface area contributed by atoms with E-state index in [1.165, 1.54) is 5.56 Å². The zero-order chi connectivity index (χ0) is 14.4. The van der Waals surface area contributed by atoms with Crippen molar-refractivity contribution in [2.75, 3.05) is 0 Å². The Bertz CT molecular complexity index is 700. The Hall–Kier alpha value is -1.97. The summed E-state index contributed by atoms with van der Waals surface area (Å²) in [5, 5.41) is 10.3. The second-order valence-electron chi connectivity index (χ2n) is 6.52. The summed E-state index contributed by atoms with van der Waals surface area (Å²) in [6.45, 7) is 0. The molecule has 0 aromatic carbocycles. The van der Waals surface area contributed by atoms with E-state index in [1.807, 2.05) is 18.5 Å². The fourth-order valence-electron chi connectivity index (χ4n) is 4.12. The minimum absolute atomic E-state index is 0.0886. The Morgan fingerprint density at radius 3 is 2.76 bits per heavy atom. The fourth-order valence-corrected chi connectivity index (χ4v) is 4.12. The lowest BCUT2D eigenvalue weighted by atomic mass is 9.75. The van der Waals surface area contributed by atoms with Gasteiger partial charge in [0, 0.05) is 24.0 Å². The summed E-state index contributed by atoms with van der Waals surface area (Å²) in [7, 11) is 0. The molecule has 0 amide bonds. The van der Waals surface area contributed by atoms with Crippen LogP contribution in [0.25, 0.3) is 10.9 Å². The van der Waals surface area contributed by atoms with Gasteiger partial charge >= 0.3 is 5.97 Å². The minimum atomic E-state index is -0.605. The van der Waals surface area contributed by atoms with Gasteiger partial charge in [0.25, 0.3) is 0 Å². The third-order valence-electron chi connectivity index (χ3n) is 5.49. The largest absolute Gasteiger partial charge is 0.481 e. The lowest BCUT2D eigenvalue weighted by Gasteiger charge is -2.29. The number of carboxylic acid groups (broad SMARTS) is 1. The molecule has 21 heavy (non-hydrogen) atoms. The van der Waals surface area contributed by atoms with Crippen LogP contribution >= 0.6 is 0 Å². The number of rotatable bonds is 2. The number of hydrogen-bond donors (Lipinski definition) is 1. The first-order valence-corrected chi connectivity index (χ1v) is 7.61. The quantitative estimate of drug-likeness (QED) is 0.917. The van der Waals surface area contributed by atoms with Crippen LogP contribution in [-0.2, 0) is 4.79 Å². The first kappa shape index (κ1) is 12.7. The molecule has 0 saturated heterocycles. The highest BCUT2D eigenvalue weighted by atomic mass is 16.4. The van der Waals surface area contributed by atoms with Gasteiger partial charge in [0.15, 0.2) is 0 Å². The van der Waals surface area contributed by atoms with Crippen LogP contribution < -0.4 is 0 Å². The molecule has 0 radical (unpaired) electrons. The molecule has 2 aliphatic carbocycles. The number of carbonyl (C=O) groups is 1. The maximum atomic E-state index is 11.1. The molecule has 2 aromatic heterocycles. The average Bonchev–Trinajstić information content (AvgIpc) is 3.22. The van der Waals surface area contributed by atoms with Gasteiger partial charge in [0.2, 0.25) is 0 Å². The van der Waals surface area contributed by atoms with E-state index in [0.717, 1.165) is 43.0 Å². The summed E-state index contributed by atoms with van der Waals surface area (Å²) in [5.41, 5.74) is 2.44. The van der Waals surface area contributed by atoms with Crippen LogP contribution in [0.2, 0.25) is 0 Å². The van der Waals surface area contributed by atoms with Gasteiger partial charge in [-0.1, -0.05) is 0 Å². The molecule has 2 heterocycles. The molecule has 2 aromatic rings. The summed E-state index contributed by atoms with van der Waals surface area (Å²) in [5.74, 6) is -0.179. The summed E-state index contributed by atoms with van der Waals surface area (Å²) in [6, 6.07) is 4.05. The number of aliphatic carboxylic acids is 1. The van der Waals surface area contributed by atoms with Gasteiger partial charge in [-0.3, -0.25) is 14.8 Å². The summed E-state index contributed by atoms with van der Waals surface area (Å²) in [4.78, 5) is 19.8. The third-order valence-corrected chi connectivity index (χ3v) is 5.49. The molecular weight excluding hydrogens is 264 g/mol. The summed E-state index contributed by atoms with van der Waals surface area (Å²) in [6.07, 6.45) is 10.7. The molecule has 0 bridgehead atoms. The topological polar surface area (TPSA) is 63.1 Å². The van der Waals surface area contributed by atoms with Crippen LogP contribution in [0.15, 0.2) is 30.7 Å². The molecule has 2 fully saturated rings. The van der Waals surface area contributed by atoms with Crippen molar-refractivity contribution in [3.05, 3.63) is 36.3 Å². The van der Waals surface area contributed by atoms with Crippen molar-refractivity contribution in [1.82, 2.24) is 9.97 Å². The van der Waals surface area contributed by atoms with Crippen LogP contribution in [0, 0.1) is 11.3 Å². The number of hydrogen-bond acceptors (Lipinski definition) is 3. The Kier molecular flexibility index (Phi) is 2.74. The van der Waals surface area contributed by atoms with E-state index in [0.29, 0.717) is 5.92 Å². The predicted molar refractivity (Wildman–Crippen MR) is 78.9 cm³/mol. The normalized spacial score (nSPS) is 31.4. The monoisotopic (exact) mass is 282 g/mol. The van der Waals surface area contributed by atoms with Crippen LogP contribution in [0.5, 0.6) is 0 Å². The zero-order valence-corrected chi connectivity index (χ0v) is 11.8. The van der Waals surface area contributed by atoms with Gasteiger partial charge in [-0.05, 0) is 61.1 Å². The molecule has 4 heteroatoms. The second kappa shape index (κ2) is 4.52. The zero-order valence-electron chi connectivity index (χ0n) is 11.8. The Morgan fingerprint density at radius 2 is 2.05 bits per heavy atom. The van der Waals surface area contributed by atoms with Crippen molar-refractivity contribution >= 4 is 16.9 Å². The average molecular weight is 282 g/mol. The number of nitrogens with zero attached hydrogens (tertiary/aromatic N) is 2. The molecule has 1 unspecified atom stereocenters. The van der Waals surface area contributed by atoms with Gasteiger partial charge in [0.1, 0.15) is 0 Å². The van der Waals surface area contributed by atoms with Gasteiger partial charge in [-0.25, -0.2) is 0 Å². The van der Waals surface area contributed by atoms with Gasteiger partial charge in [-0.2, -0.15) is 0 Å². The summed E-state index contributed by atoms with van der Waals surface area (Å²) >= 11 is 0. The van der Waals surface area contributed by atoms with Gasteiger partial charge in [0.05, 0.1) is 11.4 Å². The highest BCUT2D eigenvalue weighted by Gasteiger charge is 2.58. The smallest absolute Gasteiger partial charge is 0.307 e. The SMILES string of the molecule is O=C(O)C1CC12CCC(c1ccnc3ccncc13)CC2. The highest BCUT2D eigenvalue weighted by Crippen LogP contribution is 2.63. The van der Waals surface area contributed by atoms with E-state index in [2.05, 4.69) is 16.0 Å². The van der Waals surface area contributed by atoms with Gasteiger partial charge < -0.3 is 5.11 Å². The fraction of sp³-hybridized carbons (Fsp3) is 0.471. The molecular formula is C17H18N2O2. The van der Waals surface area contributed by atoms with Crippen molar-refractivity contribution in [2.45, 2.75) is 38.0 Å². The van der Waals surface area contributed by atoms with Crippen LogP contribution in [-0.4, -0.2) is 21.0 Å². The Morgan fingerprint density at radius 1 is 1.24 bits per heavy atom. The minimum Gasteiger partial charge on any atom is -0.481 e. The molecule has 1 atom stereocenters. The number of carboxylic acids is 1. The van der Waals surface area contributed by atoms with Crippen LogP contribution in [0.4, 0.5) is 0 Å². The highest BCUT2D eigenvalue weighted by molar-refractivity contribution is 5.81. The molecule has 1 spiro atoms. The van der Waals surface area contributed by atoms with Crippen LogP contribution in [0.3, 0.4) is 0 Å². The Balaban J connectivity index is 1.57. The molecule has 4 nitrogen and oxygen atoms in total. The molecule has 1 N–H and O–H groups in total. The predicted octanol–water partition coefficient (Wildman–Crippen LogP) is 3.38. The molecule has 0 aliphatic heterocycles. The van der Waals surface area contributed by atoms with E-state index >= 15 is 0 Å². The van der Waals surface area contributed by atoms with Crippen LogP contribution in [0.1, 0.15) is 43.6 Å². The van der Waals surface area contributed by atoms with Gasteiger partial charge in [-0.15, -0.1) is 0 Å². The maximum absolute atomic E-state index is 11.1. The number of fused-ring (bicyclic) bond motifs is 1. The lowest BCUT2D eigenvalue weighted by Crippen LogP contribution is -2.18. The molecule has 2 saturated carbocycles. The van der Waals surface area contributed by atoms with Crippen molar-refractivity contribution < 1.29 is 9.90 Å². The third kappa shape index (κ3) is 2.01. The van der Waals surface area contributed by atoms with E-state index in [9.17, 15) is 9.90 Å². The van der Waals surface area contributed by atoms with Crippen molar-refractivity contribution in [1.29, 1.82) is 0 Å². The van der Waals surface area contributed by atoms with E-state index in [4.69, 9.17) is 0 Å². The van der Waals surface area contributed by atoms with Crippen molar-refractivity contribution in [2.24, 2.45) is 11.3 Å². The maximum Gasteiger partial charge on any atom is 0.307 e. The standard InChI is InChI=1S/C17H18N2O2/c20-16(21)14-9-17(14)5-1-11(2-6-17)12-3-8-19-15-4-7-18-10-13(12)15/h3-4,7-8,10-11,14H,1-2,5-6,9H2,(H,20,21). The van der Waals surface area contributed by atoms with E-state index in [1.54, 1.807) is 6.20 Å². The summed E-state index contributed by atoms with van der Waals surface area (Å²) < 4.78 is 0. The second-order valence-corrected chi connectivity index (χ2v) is 6.52. The Labute approximate surface area is 123 Å². The lowest BCUT2D eigenvalue weighted by molar-refractivity contribution is -0.139. The molecule has 108 valence electrons. The number of pyridine rings is 2. The number of aromatic nitrogens is 2. The first-order valence-electron chi connectivity index (χ1n) is 7.61. The molecule has 2 aliphatic rings. The first-order chi connectivity index (χ1) is 10.2. The molecule has 4 rings (SSSR count). The van der Waals surface area contributed by atoms with Crippen molar-refractivity contribution in [3.63, 3.8) is 0 Å². The van der Waals surface area contributed by atoms with E-state index in [-0.39, 0.29) is 11.3 Å².